The summed E-state index contributed by atoms with van der Waals surface area (Å²) in [4.78, 5) is 8.18. The van der Waals surface area contributed by atoms with E-state index in [4.69, 9.17) is 0 Å². The summed E-state index contributed by atoms with van der Waals surface area (Å²) in [5, 5.41) is 3.40. The molecular weight excluding hydrogens is 248 g/mol. The van der Waals surface area contributed by atoms with E-state index in [0.29, 0.717) is 0 Å². The number of nitrogens with one attached hydrogen (secondary N) is 1. The number of pyridine rings is 1. The third-order valence-corrected chi connectivity index (χ3v) is 3.26. The molecule has 20 heavy (non-hydrogen) atoms. The summed E-state index contributed by atoms with van der Waals surface area (Å²) >= 11 is 0. The van der Waals surface area contributed by atoms with Gasteiger partial charge in [0.05, 0.1) is 18.2 Å². The molecule has 2 heterocycles. The molecule has 0 bridgehead atoms. The van der Waals surface area contributed by atoms with Crippen molar-refractivity contribution in [2.75, 3.05) is 5.32 Å². The van der Waals surface area contributed by atoms with Gasteiger partial charge in [-0.1, -0.05) is 12.1 Å². The minimum absolute atomic E-state index is 0.788. The van der Waals surface area contributed by atoms with Crippen molar-refractivity contribution in [1.82, 2.24) is 14.5 Å². The quantitative estimate of drug-likeness (QED) is 0.787. The van der Waals surface area contributed by atoms with Crippen LogP contribution in [-0.4, -0.2) is 14.5 Å². The van der Waals surface area contributed by atoms with Crippen LogP contribution in [0.15, 0.2) is 61.4 Å². The molecule has 4 nitrogen and oxygen atoms in total. The Hall–Kier alpha value is -2.62. The molecule has 0 saturated carbocycles. The van der Waals surface area contributed by atoms with Crippen molar-refractivity contribution in [1.29, 1.82) is 0 Å². The zero-order chi connectivity index (χ0) is 13.8. The lowest BCUT2D eigenvalue weighted by atomic mass is 10.2. The van der Waals surface area contributed by atoms with Gasteiger partial charge in [-0.25, -0.2) is 4.98 Å². The van der Waals surface area contributed by atoms with Crippen molar-refractivity contribution in [2.24, 2.45) is 0 Å². The van der Waals surface area contributed by atoms with E-state index in [1.54, 1.807) is 18.7 Å². The third kappa shape index (κ3) is 2.69. The Morgan fingerprint density at radius 2 is 1.90 bits per heavy atom. The summed E-state index contributed by atoms with van der Waals surface area (Å²) in [5.41, 5.74) is 4.63. The number of imidazole rings is 1. The fourth-order valence-electron chi connectivity index (χ4n) is 2.04. The largest absolute Gasteiger partial charge is 0.380 e. The van der Waals surface area contributed by atoms with E-state index in [2.05, 4.69) is 46.5 Å². The molecule has 1 aromatic carbocycles. The summed E-state index contributed by atoms with van der Waals surface area (Å²) in [6.45, 7) is 2.86. The van der Waals surface area contributed by atoms with Gasteiger partial charge in [0.25, 0.3) is 0 Å². The van der Waals surface area contributed by atoms with Gasteiger partial charge >= 0.3 is 0 Å². The van der Waals surface area contributed by atoms with Crippen molar-refractivity contribution < 1.29 is 0 Å². The van der Waals surface area contributed by atoms with Gasteiger partial charge in [-0.2, -0.15) is 0 Å². The minimum atomic E-state index is 0.788. The lowest BCUT2D eigenvalue weighted by molar-refractivity contribution is 1.05. The van der Waals surface area contributed by atoms with Crippen LogP contribution in [0.2, 0.25) is 0 Å². The molecular formula is C16H16N4. The second kappa shape index (κ2) is 5.57. The second-order valence-corrected chi connectivity index (χ2v) is 4.68. The molecule has 0 aliphatic carbocycles. The van der Waals surface area contributed by atoms with Gasteiger partial charge in [-0.15, -0.1) is 0 Å². The predicted molar refractivity (Wildman–Crippen MR) is 79.9 cm³/mol. The summed E-state index contributed by atoms with van der Waals surface area (Å²) in [7, 11) is 0. The fourth-order valence-corrected chi connectivity index (χ4v) is 2.04. The van der Waals surface area contributed by atoms with Crippen molar-refractivity contribution in [2.45, 2.75) is 13.5 Å². The summed E-state index contributed by atoms with van der Waals surface area (Å²) in [6, 6.07) is 10.4. The van der Waals surface area contributed by atoms with Crippen LogP contribution < -0.4 is 5.32 Å². The van der Waals surface area contributed by atoms with Gasteiger partial charge < -0.3 is 9.88 Å². The molecule has 0 spiro atoms. The normalized spacial score (nSPS) is 10.4. The van der Waals surface area contributed by atoms with E-state index in [1.165, 1.54) is 11.1 Å². The monoisotopic (exact) mass is 264 g/mol. The molecule has 0 fully saturated rings. The zero-order valence-electron chi connectivity index (χ0n) is 11.3. The molecule has 0 atom stereocenters. The highest BCUT2D eigenvalue weighted by Gasteiger charge is 1.99. The fraction of sp³-hybridized carbons (Fsp3) is 0.125. The van der Waals surface area contributed by atoms with Crippen LogP contribution >= 0.6 is 0 Å². The molecule has 3 aromatic rings. The van der Waals surface area contributed by atoms with Crippen LogP contribution in [0, 0.1) is 6.92 Å². The number of nitrogens with zero attached hydrogens (tertiary/aromatic N) is 3. The highest BCUT2D eigenvalue weighted by Crippen LogP contribution is 2.14. The number of rotatable bonds is 4. The second-order valence-electron chi connectivity index (χ2n) is 4.68. The lowest BCUT2D eigenvalue weighted by Crippen LogP contribution is -2.01. The van der Waals surface area contributed by atoms with Crippen molar-refractivity contribution >= 4 is 5.69 Å². The smallest absolute Gasteiger partial charge is 0.0991 e. The molecule has 0 unspecified atom stereocenters. The molecule has 0 aliphatic heterocycles. The van der Waals surface area contributed by atoms with Crippen molar-refractivity contribution in [3.63, 3.8) is 0 Å². The Morgan fingerprint density at radius 1 is 1.05 bits per heavy atom. The van der Waals surface area contributed by atoms with E-state index >= 15 is 0 Å². The summed E-state index contributed by atoms with van der Waals surface area (Å²) in [6.07, 6.45) is 9.18. The van der Waals surface area contributed by atoms with Gasteiger partial charge in [0.1, 0.15) is 0 Å². The first-order valence-corrected chi connectivity index (χ1v) is 6.55. The minimum Gasteiger partial charge on any atom is -0.380 e. The predicted octanol–water partition coefficient (Wildman–Crippen LogP) is 3.19. The van der Waals surface area contributed by atoms with E-state index in [9.17, 15) is 0 Å². The molecule has 3 rings (SSSR count). The number of aryl methyl sites for hydroxylation is 1. The van der Waals surface area contributed by atoms with E-state index in [0.717, 1.165) is 17.9 Å². The molecule has 1 N–H and O–H groups in total. The van der Waals surface area contributed by atoms with E-state index in [-0.39, 0.29) is 0 Å². The summed E-state index contributed by atoms with van der Waals surface area (Å²) < 4.78 is 1.99. The SMILES string of the molecule is Cc1ccncc1NCc1ccc(-n2ccnc2)cc1. The van der Waals surface area contributed by atoms with Gasteiger partial charge in [0, 0.05) is 30.8 Å². The average molecular weight is 264 g/mol. The zero-order valence-corrected chi connectivity index (χ0v) is 11.3. The van der Waals surface area contributed by atoms with Gasteiger partial charge in [-0.3, -0.25) is 4.98 Å². The van der Waals surface area contributed by atoms with Crippen LogP contribution in [0.25, 0.3) is 5.69 Å². The van der Waals surface area contributed by atoms with Gasteiger partial charge in [-0.05, 0) is 36.2 Å². The molecule has 0 saturated heterocycles. The maximum absolute atomic E-state index is 4.13. The Labute approximate surface area is 118 Å². The highest BCUT2D eigenvalue weighted by atomic mass is 15.0. The highest BCUT2D eigenvalue weighted by molar-refractivity contribution is 5.48. The molecule has 0 aliphatic rings. The maximum atomic E-state index is 4.13. The Kier molecular flexibility index (Phi) is 3.46. The lowest BCUT2D eigenvalue weighted by Gasteiger charge is -2.09. The number of aromatic nitrogens is 3. The summed E-state index contributed by atoms with van der Waals surface area (Å²) in [5.74, 6) is 0. The topological polar surface area (TPSA) is 42.7 Å². The van der Waals surface area contributed by atoms with E-state index < -0.39 is 0 Å². The number of hydrogen-bond acceptors (Lipinski definition) is 3. The van der Waals surface area contributed by atoms with Crippen molar-refractivity contribution in [3.8, 4) is 5.69 Å². The van der Waals surface area contributed by atoms with Crippen LogP contribution in [0.5, 0.6) is 0 Å². The Morgan fingerprint density at radius 3 is 2.60 bits per heavy atom. The van der Waals surface area contributed by atoms with Gasteiger partial charge in [0.2, 0.25) is 0 Å². The molecule has 2 aromatic heterocycles. The first-order valence-electron chi connectivity index (χ1n) is 6.55. The Bertz CT molecular complexity index is 672. The van der Waals surface area contributed by atoms with Crippen LogP contribution in [-0.2, 0) is 6.54 Å². The average Bonchev–Trinajstić information content (AvgIpc) is 3.01. The maximum Gasteiger partial charge on any atom is 0.0991 e. The number of benzene rings is 1. The first-order chi connectivity index (χ1) is 9.83. The third-order valence-electron chi connectivity index (χ3n) is 3.26. The molecule has 0 amide bonds. The molecule has 100 valence electrons. The van der Waals surface area contributed by atoms with Gasteiger partial charge in [0.15, 0.2) is 0 Å². The van der Waals surface area contributed by atoms with Crippen LogP contribution in [0.4, 0.5) is 5.69 Å². The Balaban J connectivity index is 1.68. The first kappa shape index (κ1) is 12.4. The van der Waals surface area contributed by atoms with Crippen molar-refractivity contribution in [3.05, 3.63) is 72.6 Å². The van der Waals surface area contributed by atoms with E-state index in [1.807, 2.05) is 23.0 Å². The van der Waals surface area contributed by atoms with Crippen LogP contribution in [0.3, 0.4) is 0 Å². The number of hydrogen-bond donors (Lipinski definition) is 1. The standard InChI is InChI=1S/C16H16N4/c1-13-6-7-17-11-16(13)19-10-14-2-4-15(5-3-14)20-9-8-18-12-20/h2-9,11-12,19H,10H2,1H3. The number of anilines is 1. The molecule has 0 radical (unpaired) electrons. The molecule has 4 heteroatoms. The van der Waals surface area contributed by atoms with Crippen LogP contribution in [0.1, 0.15) is 11.1 Å².